The fraction of sp³-hybridized carbons (Fsp3) is 0.500. The van der Waals surface area contributed by atoms with Gasteiger partial charge >= 0.3 is 6.09 Å². The maximum absolute atomic E-state index is 12.5. The highest BCUT2D eigenvalue weighted by atomic mass is 16.6. The van der Waals surface area contributed by atoms with Crippen LogP contribution in [0.15, 0.2) is 35.1 Å². The lowest BCUT2D eigenvalue weighted by Gasteiger charge is -2.39. The zero-order valence-electron chi connectivity index (χ0n) is 15.8. The molecule has 0 radical (unpaired) electrons. The number of likely N-dealkylation sites (tertiary alicyclic amines) is 1. The average molecular weight is 358 g/mol. The standard InChI is InChI=1S/C20H26N2O4/c1-14(23)22(18-9-5-7-15-12-25-13-17(15)18)16-8-6-10-21(11-16)19(24)26-20(2,3)4/h5,7,9,12-13,16H,6,8,10-11H2,1-4H3. The Hall–Kier alpha value is -2.50. The fourth-order valence-electron chi connectivity index (χ4n) is 3.47. The number of furan rings is 1. The average Bonchev–Trinajstić information content (AvgIpc) is 3.03. The van der Waals surface area contributed by atoms with Gasteiger partial charge in [0, 0.05) is 30.8 Å². The number of hydrogen-bond donors (Lipinski definition) is 0. The Morgan fingerprint density at radius 3 is 2.73 bits per heavy atom. The molecule has 0 saturated carbocycles. The molecule has 0 aliphatic carbocycles. The third-order valence-electron chi connectivity index (χ3n) is 4.51. The Morgan fingerprint density at radius 2 is 2.04 bits per heavy atom. The number of anilines is 1. The lowest BCUT2D eigenvalue weighted by atomic mass is 10.0. The first-order chi connectivity index (χ1) is 12.3. The molecule has 2 amide bonds. The molecule has 140 valence electrons. The van der Waals surface area contributed by atoms with Crippen LogP contribution in [0.25, 0.3) is 10.8 Å². The van der Waals surface area contributed by atoms with Crippen LogP contribution < -0.4 is 4.90 Å². The van der Waals surface area contributed by atoms with Crippen molar-refractivity contribution in [3.05, 3.63) is 30.7 Å². The lowest BCUT2D eigenvalue weighted by Crippen LogP contribution is -2.52. The van der Waals surface area contributed by atoms with Gasteiger partial charge in [0.05, 0.1) is 18.0 Å². The minimum absolute atomic E-state index is 0.0465. The minimum Gasteiger partial charge on any atom is -0.471 e. The van der Waals surface area contributed by atoms with Crippen LogP contribution in [0.4, 0.5) is 10.5 Å². The summed E-state index contributed by atoms with van der Waals surface area (Å²) in [7, 11) is 0. The van der Waals surface area contributed by atoms with Crippen molar-refractivity contribution in [1.82, 2.24) is 4.90 Å². The third kappa shape index (κ3) is 3.84. The molecule has 1 fully saturated rings. The van der Waals surface area contributed by atoms with Crippen LogP contribution in [0.1, 0.15) is 40.5 Å². The van der Waals surface area contributed by atoms with E-state index < -0.39 is 5.60 Å². The van der Waals surface area contributed by atoms with Crippen molar-refractivity contribution in [2.24, 2.45) is 0 Å². The summed E-state index contributed by atoms with van der Waals surface area (Å²) in [6.07, 6.45) is 4.68. The van der Waals surface area contributed by atoms with Crippen LogP contribution in [-0.4, -0.2) is 41.6 Å². The number of carbonyl (C=O) groups is 2. The van der Waals surface area contributed by atoms with E-state index in [0.29, 0.717) is 13.1 Å². The molecule has 1 saturated heterocycles. The number of carbonyl (C=O) groups excluding carboxylic acids is 2. The molecule has 1 aliphatic heterocycles. The van der Waals surface area contributed by atoms with E-state index in [1.165, 1.54) is 0 Å². The van der Waals surface area contributed by atoms with Crippen molar-refractivity contribution in [1.29, 1.82) is 0 Å². The van der Waals surface area contributed by atoms with Gasteiger partial charge in [-0.15, -0.1) is 0 Å². The van der Waals surface area contributed by atoms with E-state index in [4.69, 9.17) is 9.15 Å². The number of ether oxygens (including phenoxy) is 1. The van der Waals surface area contributed by atoms with Gasteiger partial charge in [0.2, 0.25) is 5.91 Å². The van der Waals surface area contributed by atoms with E-state index >= 15 is 0 Å². The second-order valence-electron chi connectivity index (χ2n) is 7.76. The molecule has 1 aromatic carbocycles. The Kier molecular flexibility index (Phi) is 4.94. The highest BCUT2D eigenvalue weighted by molar-refractivity contribution is 6.03. The first-order valence-corrected chi connectivity index (χ1v) is 8.99. The molecule has 26 heavy (non-hydrogen) atoms. The Bertz CT molecular complexity index is 805. The van der Waals surface area contributed by atoms with Crippen molar-refractivity contribution >= 4 is 28.5 Å². The number of piperidine rings is 1. The lowest BCUT2D eigenvalue weighted by molar-refractivity contribution is -0.117. The number of fused-ring (bicyclic) bond motifs is 1. The summed E-state index contributed by atoms with van der Waals surface area (Å²) in [6, 6.07) is 5.70. The molecule has 0 N–H and O–H groups in total. The van der Waals surface area contributed by atoms with Crippen LogP contribution in [0.2, 0.25) is 0 Å². The van der Waals surface area contributed by atoms with E-state index in [2.05, 4.69) is 0 Å². The molecule has 1 unspecified atom stereocenters. The highest BCUT2D eigenvalue weighted by Gasteiger charge is 2.33. The summed E-state index contributed by atoms with van der Waals surface area (Å²) >= 11 is 0. The summed E-state index contributed by atoms with van der Waals surface area (Å²) in [5.74, 6) is -0.0465. The molecule has 2 heterocycles. The zero-order chi connectivity index (χ0) is 18.9. The first-order valence-electron chi connectivity index (χ1n) is 8.99. The highest BCUT2D eigenvalue weighted by Crippen LogP contribution is 2.31. The van der Waals surface area contributed by atoms with Gasteiger partial charge in [0.1, 0.15) is 11.9 Å². The second-order valence-corrected chi connectivity index (χ2v) is 7.76. The molecule has 0 spiro atoms. The summed E-state index contributed by atoms with van der Waals surface area (Å²) < 4.78 is 10.8. The van der Waals surface area contributed by atoms with Crippen molar-refractivity contribution in [2.75, 3.05) is 18.0 Å². The van der Waals surface area contributed by atoms with Gasteiger partial charge in [-0.3, -0.25) is 4.79 Å². The predicted octanol–water partition coefficient (Wildman–Crippen LogP) is 4.19. The summed E-state index contributed by atoms with van der Waals surface area (Å²) in [5, 5.41) is 1.85. The number of benzene rings is 1. The molecular weight excluding hydrogens is 332 g/mol. The molecule has 6 heteroatoms. The van der Waals surface area contributed by atoms with E-state index in [-0.39, 0.29) is 18.0 Å². The molecule has 2 aromatic rings. The Morgan fingerprint density at radius 1 is 1.27 bits per heavy atom. The van der Waals surface area contributed by atoms with Gasteiger partial charge in [-0.1, -0.05) is 12.1 Å². The van der Waals surface area contributed by atoms with Crippen molar-refractivity contribution in [2.45, 2.75) is 52.2 Å². The van der Waals surface area contributed by atoms with Crippen LogP contribution in [0.3, 0.4) is 0 Å². The molecule has 1 aromatic heterocycles. The van der Waals surface area contributed by atoms with Crippen molar-refractivity contribution < 1.29 is 18.7 Å². The van der Waals surface area contributed by atoms with Crippen LogP contribution in [-0.2, 0) is 9.53 Å². The maximum atomic E-state index is 12.5. The fourth-order valence-corrected chi connectivity index (χ4v) is 3.47. The van der Waals surface area contributed by atoms with Gasteiger partial charge in [-0.05, 0) is 39.7 Å². The largest absolute Gasteiger partial charge is 0.471 e. The predicted molar refractivity (Wildman–Crippen MR) is 100 cm³/mol. The molecular formula is C20H26N2O4. The number of hydrogen-bond acceptors (Lipinski definition) is 4. The van der Waals surface area contributed by atoms with Crippen LogP contribution in [0.5, 0.6) is 0 Å². The van der Waals surface area contributed by atoms with Gasteiger partial charge < -0.3 is 19.0 Å². The van der Waals surface area contributed by atoms with Crippen molar-refractivity contribution in [3.8, 4) is 0 Å². The number of rotatable bonds is 2. The van der Waals surface area contributed by atoms with Gasteiger partial charge in [-0.25, -0.2) is 4.79 Å². The molecule has 3 rings (SSSR count). The van der Waals surface area contributed by atoms with E-state index in [9.17, 15) is 9.59 Å². The van der Waals surface area contributed by atoms with E-state index in [0.717, 1.165) is 29.3 Å². The monoisotopic (exact) mass is 358 g/mol. The van der Waals surface area contributed by atoms with Gasteiger partial charge in [-0.2, -0.15) is 0 Å². The molecule has 0 bridgehead atoms. The molecule has 1 aliphatic rings. The quantitative estimate of drug-likeness (QED) is 0.808. The van der Waals surface area contributed by atoms with E-state index in [1.54, 1.807) is 29.2 Å². The molecule has 1 atom stereocenters. The smallest absolute Gasteiger partial charge is 0.410 e. The maximum Gasteiger partial charge on any atom is 0.410 e. The molecule has 6 nitrogen and oxygen atoms in total. The van der Waals surface area contributed by atoms with Crippen molar-refractivity contribution in [3.63, 3.8) is 0 Å². The summed E-state index contributed by atoms with van der Waals surface area (Å²) in [6.45, 7) is 8.23. The number of amides is 2. The zero-order valence-corrected chi connectivity index (χ0v) is 15.8. The van der Waals surface area contributed by atoms with E-state index in [1.807, 2.05) is 39.0 Å². The minimum atomic E-state index is -0.535. The van der Waals surface area contributed by atoms with Gasteiger partial charge in [0.15, 0.2) is 0 Å². The first kappa shape index (κ1) is 18.3. The van der Waals surface area contributed by atoms with Crippen LogP contribution >= 0.6 is 0 Å². The normalized spacial score (nSPS) is 18.0. The second kappa shape index (κ2) is 7.02. The number of nitrogens with zero attached hydrogens (tertiary/aromatic N) is 2. The Labute approximate surface area is 153 Å². The third-order valence-corrected chi connectivity index (χ3v) is 4.51. The van der Waals surface area contributed by atoms with Gasteiger partial charge in [0.25, 0.3) is 0 Å². The Balaban J connectivity index is 1.86. The summed E-state index contributed by atoms with van der Waals surface area (Å²) in [5.41, 5.74) is 0.284. The van der Waals surface area contributed by atoms with Crippen LogP contribution in [0, 0.1) is 0 Å². The summed E-state index contributed by atoms with van der Waals surface area (Å²) in [4.78, 5) is 28.4. The SMILES string of the molecule is CC(=O)N(c1cccc2cocc12)C1CCCN(C(=O)OC(C)(C)C)C1. The topological polar surface area (TPSA) is 63.0 Å².